The molecule has 0 radical (unpaired) electrons. The van der Waals surface area contributed by atoms with E-state index in [0.29, 0.717) is 43.2 Å². The van der Waals surface area contributed by atoms with E-state index in [1.165, 1.54) is 4.90 Å². The van der Waals surface area contributed by atoms with Crippen LogP contribution in [0.4, 0.5) is 0 Å². The first-order valence-corrected chi connectivity index (χ1v) is 11.2. The van der Waals surface area contributed by atoms with Gasteiger partial charge in [-0.15, -0.1) is 0 Å². The molecule has 8 heteroatoms. The molecule has 8 nitrogen and oxygen atoms in total. The van der Waals surface area contributed by atoms with Crippen LogP contribution < -0.4 is 4.74 Å². The number of carbonyl (C=O) groups is 2. The number of aliphatic hydroxyl groups excluding tert-OH is 1. The largest absolute Gasteiger partial charge is 0.507 e. The first kappa shape index (κ1) is 22.9. The number of ether oxygens (including phenoxy) is 2. The van der Waals surface area contributed by atoms with Crippen LogP contribution in [0.1, 0.15) is 31.0 Å². The Hall–Kier alpha value is -3.23. The summed E-state index contributed by atoms with van der Waals surface area (Å²) in [6.07, 6.45) is 3.29. The summed E-state index contributed by atoms with van der Waals surface area (Å²) in [7, 11) is 0. The fraction of sp³-hybridized carbons (Fsp3) is 0.400. The maximum Gasteiger partial charge on any atom is 0.295 e. The molecular weight excluding hydrogens is 422 g/mol. The number of hydrogen-bond acceptors (Lipinski definition) is 7. The second-order valence-corrected chi connectivity index (χ2v) is 8.42. The molecule has 33 heavy (non-hydrogen) atoms. The van der Waals surface area contributed by atoms with E-state index in [-0.39, 0.29) is 17.4 Å². The number of Topliss-reactive ketones (excluding diaryl/α,β-unsaturated/α-hetero) is 1. The van der Waals surface area contributed by atoms with E-state index < -0.39 is 17.7 Å². The minimum atomic E-state index is -0.702. The lowest BCUT2D eigenvalue weighted by atomic mass is 9.96. The number of hydrogen-bond donors (Lipinski definition) is 1. The van der Waals surface area contributed by atoms with Gasteiger partial charge in [0.25, 0.3) is 11.7 Å². The Kier molecular flexibility index (Phi) is 7.05. The molecule has 2 aliphatic heterocycles. The Morgan fingerprint density at radius 1 is 1.15 bits per heavy atom. The number of aromatic nitrogens is 1. The fourth-order valence-electron chi connectivity index (χ4n) is 4.19. The van der Waals surface area contributed by atoms with Gasteiger partial charge in [0.05, 0.1) is 30.9 Å². The molecule has 2 aromatic rings. The number of morpholine rings is 1. The molecule has 0 saturated carbocycles. The molecule has 0 spiro atoms. The average Bonchev–Trinajstić information content (AvgIpc) is 3.08. The predicted molar refractivity (Wildman–Crippen MR) is 123 cm³/mol. The molecule has 3 heterocycles. The van der Waals surface area contributed by atoms with Crippen molar-refractivity contribution in [3.8, 4) is 5.75 Å². The van der Waals surface area contributed by atoms with E-state index in [4.69, 9.17) is 9.47 Å². The lowest BCUT2D eigenvalue weighted by Gasteiger charge is -2.30. The molecule has 1 atom stereocenters. The zero-order valence-corrected chi connectivity index (χ0v) is 18.9. The zero-order valence-electron chi connectivity index (χ0n) is 18.9. The summed E-state index contributed by atoms with van der Waals surface area (Å²) < 4.78 is 11.1. The fourth-order valence-corrected chi connectivity index (χ4v) is 4.19. The van der Waals surface area contributed by atoms with E-state index >= 15 is 0 Å². The van der Waals surface area contributed by atoms with Crippen molar-refractivity contribution in [3.63, 3.8) is 0 Å². The van der Waals surface area contributed by atoms with Gasteiger partial charge in [-0.25, -0.2) is 0 Å². The number of pyridine rings is 1. The number of nitrogens with zero attached hydrogens (tertiary/aromatic N) is 3. The van der Waals surface area contributed by atoms with Gasteiger partial charge in [0.1, 0.15) is 11.5 Å². The molecule has 1 amide bonds. The Morgan fingerprint density at radius 2 is 1.88 bits per heavy atom. The third kappa shape index (κ3) is 5.07. The summed E-state index contributed by atoms with van der Waals surface area (Å²) in [5.41, 5.74) is 1.21. The number of rotatable bonds is 7. The van der Waals surface area contributed by atoms with Gasteiger partial charge in [-0.1, -0.05) is 6.07 Å². The van der Waals surface area contributed by atoms with Crippen molar-refractivity contribution in [1.29, 1.82) is 0 Å². The van der Waals surface area contributed by atoms with E-state index in [1.54, 1.807) is 42.7 Å². The lowest BCUT2D eigenvalue weighted by molar-refractivity contribution is -0.140. The minimum absolute atomic E-state index is 0.0202. The molecule has 4 rings (SSSR count). The van der Waals surface area contributed by atoms with Gasteiger partial charge in [-0.3, -0.25) is 19.5 Å². The van der Waals surface area contributed by atoms with Crippen molar-refractivity contribution in [2.24, 2.45) is 0 Å². The summed E-state index contributed by atoms with van der Waals surface area (Å²) in [6, 6.07) is 9.73. The second kappa shape index (κ2) is 10.1. The molecule has 0 bridgehead atoms. The van der Waals surface area contributed by atoms with Crippen molar-refractivity contribution >= 4 is 17.4 Å². The maximum absolute atomic E-state index is 13.1. The zero-order chi connectivity index (χ0) is 23.4. The maximum atomic E-state index is 13.1. The average molecular weight is 452 g/mol. The second-order valence-electron chi connectivity index (χ2n) is 8.42. The summed E-state index contributed by atoms with van der Waals surface area (Å²) in [5.74, 6) is -0.840. The summed E-state index contributed by atoms with van der Waals surface area (Å²) >= 11 is 0. The monoisotopic (exact) mass is 451 g/mol. The first-order chi connectivity index (χ1) is 16.0. The third-order valence-electron chi connectivity index (χ3n) is 5.80. The number of benzene rings is 1. The number of carbonyl (C=O) groups excluding carboxylic acids is 2. The Morgan fingerprint density at radius 3 is 2.52 bits per heavy atom. The minimum Gasteiger partial charge on any atom is -0.507 e. The van der Waals surface area contributed by atoms with E-state index in [0.717, 1.165) is 13.1 Å². The Labute approximate surface area is 193 Å². The van der Waals surface area contributed by atoms with Crippen LogP contribution in [-0.2, 0) is 14.3 Å². The number of likely N-dealkylation sites (tertiary alicyclic amines) is 1. The van der Waals surface area contributed by atoms with Crippen molar-refractivity contribution in [2.45, 2.75) is 26.0 Å². The van der Waals surface area contributed by atoms with Crippen LogP contribution >= 0.6 is 0 Å². The van der Waals surface area contributed by atoms with Crippen LogP contribution in [0.25, 0.3) is 5.76 Å². The Balaban J connectivity index is 1.67. The normalized spacial score (nSPS) is 21.1. The number of aliphatic hydroxyl groups is 1. The van der Waals surface area contributed by atoms with Crippen LogP contribution in [0.15, 0.2) is 54.4 Å². The highest BCUT2D eigenvalue weighted by Crippen LogP contribution is 2.39. The summed E-state index contributed by atoms with van der Waals surface area (Å²) in [4.78, 5) is 34.0. The van der Waals surface area contributed by atoms with Crippen LogP contribution in [0.5, 0.6) is 5.75 Å². The molecular formula is C25H29N3O5. The smallest absolute Gasteiger partial charge is 0.295 e. The van der Waals surface area contributed by atoms with Crippen molar-refractivity contribution in [3.05, 3.63) is 65.5 Å². The molecule has 2 aliphatic rings. The molecule has 0 unspecified atom stereocenters. The van der Waals surface area contributed by atoms with Crippen LogP contribution in [0.3, 0.4) is 0 Å². The van der Waals surface area contributed by atoms with Crippen molar-refractivity contribution in [2.75, 3.05) is 39.4 Å². The van der Waals surface area contributed by atoms with E-state index in [1.807, 2.05) is 19.9 Å². The summed E-state index contributed by atoms with van der Waals surface area (Å²) in [5, 5.41) is 11.1. The highest BCUT2D eigenvalue weighted by atomic mass is 16.5. The number of amides is 1. The van der Waals surface area contributed by atoms with Gasteiger partial charge < -0.3 is 19.5 Å². The molecule has 1 aromatic carbocycles. The highest BCUT2D eigenvalue weighted by Gasteiger charge is 2.46. The van der Waals surface area contributed by atoms with Gasteiger partial charge in [0.15, 0.2) is 0 Å². The Bertz CT molecular complexity index is 1010. The lowest BCUT2D eigenvalue weighted by Crippen LogP contribution is -2.42. The van der Waals surface area contributed by atoms with Crippen molar-refractivity contribution in [1.82, 2.24) is 14.8 Å². The molecule has 174 valence electrons. The first-order valence-electron chi connectivity index (χ1n) is 11.2. The number of ketones is 1. The highest BCUT2D eigenvalue weighted by molar-refractivity contribution is 6.46. The van der Waals surface area contributed by atoms with Gasteiger partial charge in [0, 0.05) is 44.1 Å². The molecule has 1 N–H and O–H groups in total. The molecule has 2 saturated heterocycles. The van der Waals surface area contributed by atoms with E-state index in [9.17, 15) is 14.7 Å². The topological polar surface area (TPSA) is 92.2 Å². The van der Waals surface area contributed by atoms with Gasteiger partial charge in [-0.2, -0.15) is 0 Å². The SMILES string of the molecule is CC(C)Oc1ccc(/C(O)=C2\C(=O)C(=O)N(CCN3CCOCC3)[C@@H]2c2cccnc2)cc1. The predicted octanol–water partition coefficient (Wildman–Crippen LogP) is 2.62. The summed E-state index contributed by atoms with van der Waals surface area (Å²) in [6.45, 7) is 7.72. The third-order valence-corrected chi connectivity index (χ3v) is 5.80. The molecule has 2 fully saturated rings. The molecule has 0 aliphatic carbocycles. The molecule has 1 aromatic heterocycles. The van der Waals surface area contributed by atoms with Crippen LogP contribution in [0, 0.1) is 0 Å². The standard InChI is InChI=1S/C25H29N3O5/c1-17(2)33-20-7-5-18(6-8-20)23(29)21-22(19-4-3-9-26-16-19)28(25(31)24(21)30)11-10-27-12-14-32-15-13-27/h3-9,16-17,22,29H,10-15H2,1-2H3/b23-21+/t22-/m1/s1. The van der Waals surface area contributed by atoms with Gasteiger partial charge >= 0.3 is 0 Å². The quantitative estimate of drug-likeness (QED) is 0.393. The van der Waals surface area contributed by atoms with Crippen LogP contribution in [0.2, 0.25) is 0 Å². The van der Waals surface area contributed by atoms with Gasteiger partial charge in [0.2, 0.25) is 0 Å². The van der Waals surface area contributed by atoms with E-state index in [2.05, 4.69) is 9.88 Å². The van der Waals surface area contributed by atoms with Crippen molar-refractivity contribution < 1.29 is 24.2 Å². The van der Waals surface area contributed by atoms with Crippen LogP contribution in [-0.4, -0.2) is 77.1 Å². The van der Waals surface area contributed by atoms with Gasteiger partial charge in [-0.05, 0) is 49.7 Å².